The second kappa shape index (κ2) is 27.4. The van der Waals surface area contributed by atoms with E-state index in [0.717, 1.165) is 64.2 Å². The number of unbranched alkanes of at least 4 members (excludes halogenated alkanes) is 16. The lowest BCUT2D eigenvalue weighted by atomic mass is 10.1. The number of carbonyl (C=O) groups is 3. The summed E-state index contributed by atoms with van der Waals surface area (Å²) >= 11 is 0. The fraction of sp³-hybridized carbons (Fsp3) is 0.903. The molecule has 0 saturated heterocycles. The summed E-state index contributed by atoms with van der Waals surface area (Å²) in [5.41, 5.74) is 0. The average Bonchev–Trinajstić information content (AvgIpc) is 2.89. The standard InChI is InChI=1S/C31H58O6/c1-4-7-10-13-15-17-19-22-25-31(34)37-28(26-35-29(32)23-20-12-9-6-3)27-36-30(33)24-21-18-16-14-11-8-5-2/h28H,4-27H2,1-3H3/t28-/m1/s1. The number of ether oxygens (including phenoxy) is 3. The summed E-state index contributed by atoms with van der Waals surface area (Å²) in [6, 6.07) is 0. The van der Waals surface area contributed by atoms with Gasteiger partial charge >= 0.3 is 17.9 Å². The molecule has 0 radical (unpaired) electrons. The zero-order chi connectivity index (χ0) is 27.4. The molecule has 0 N–H and O–H groups in total. The summed E-state index contributed by atoms with van der Waals surface area (Å²) in [6.45, 7) is 6.40. The number of carbonyl (C=O) groups excluding carboxylic acids is 3. The lowest BCUT2D eigenvalue weighted by molar-refractivity contribution is -0.167. The summed E-state index contributed by atoms with van der Waals surface area (Å²) < 4.78 is 16.3. The van der Waals surface area contributed by atoms with E-state index in [1.807, 2.05) is 0 Å². The highest BCUT2D eigenvalue weighted by Gasteiger charge is 2.19. The second-order valence-corrected chi connectivity index (χ2v) is 10.4. The van der Waals surface area contributed by atoms with E-state index in [4.69, 9.17) is 14.2 Å². The molecule has 218 valence electrons. The lowest BCUT2D eigenvalue weighted by Gasteiger charge is -2.18. The van der Waals surface area contributed by atoms with Crippen molar-refractivity contribution in [2.45, 2.75) is 168 Å². The third kappa shape index (κ3) is 25.8. The first-order chi connectivity index (χ1) is 18.0. The first-order valence-corrected chi connectivity index (χ1v) is 15.5. The van der Waals surface area contributed by atoms with Crippen molar-refractivity contribution in [2.75, 3.05) is 13.2 Å². The van der Waals surface area contributed by atoms with Gasteiger partial charge in [-0.05, 0) is 19.3 Å². The van der Waals surface area contributed by atoms with Gasteiger partial charge in [0.05, 0.1) is 0 Å². The molecule has 1 atom stereocenters. The summed E-state index contributed by atoms with van der Waals surface area (Å²) in [4.78, 5) is 36.6. The van der Waals surface area contributed by atoms with Crippen LogP contribution in [0.15, 0.2) is 0 Å². The van der Waals surface area contributed by atoms with Gasteiger partial charge in [0, 0.05) is 19.3 Å². The molecule has 0 aromatic heterocycles. The summed E-state index contributed by atoms with van der Waals surface area (Å²) in [5.74, 6) is -0.906. The molecule has 0 saturated carbocycles. The Hall–Kier alpha value is -1.59. The zero-order valence-electron chi connectivity index (χ0n) is 24.5. The summed E-state index contributed by atoms with van der Waals surface area (Å²) in [5, 5.41) is 0. The first kappa shape index (κ1) is 35.4. The highest BCUT2D eigenvalue weighted by atomic mass is 16.6. The van der Waals surface area contributed by atoms with E-state index < -0.39 is 6.10 Å². The topological polar surface area (TPSA) is 78.9 Å². The molecule has 0 aliphatic rings. The molecule has 6 nitrogen and oxygen atoms in total. The van der Waals surface area contributed by atoms with Crippen LogP contribution in [-0.2, 0) is 28.6 Å². The van der Waals surface area contributed by atoms with Crippen LogP contribution in [0.25, 0.3) is 0 Å². The zero-order valence-corrected chi connectivity index (χ0v) is 24.5. The van der Waals surface area contributed by atoms with Crippen LogP contribution in [0.4, 0.5) is 0 Å². The molecule has 0 aromatic carbocycles. The lowest BCUT2D eigenvalue weighted by Crippen LogP contribution is -2.30. The normalized spacial score (nSPS) is 11.8. The molecule has 0 heterocycles. The van der Waals surface area contributed by atoms with E-state index in [0.29, 0.717) is 19.3 Å². The second-order valence-electron chi connectivity index (χ2n) is 10.4. The Morgan fingerprint density at radius 3 is 1.11 bits per heavy atom. The minimum Gasteiger partial charge on any atom is -0.462 e. The molecule has 0 aliphatic carbocycles. The Labute approximate surface area is 228 Å². The van der Waals surface area contributed by atoms with Crippen molar-refractivity contribution >= 4 is 17.9 Å². The van der Waals surface area contributed by atoms with Gasteiger partial charge in [-0.3, -0.25) is 14.4 Å². The average molecular weight is 527 g/mol. The quantitative estimate of drug-likeness (QED) is 0.0605. The van der Waals surface area contributed by atoms with Gasteiger partial charge in [-0.25, -0.2) is 0 Å². The predicted molar refractivity (Wildman–Crippen MR) is 150 cm³/mol. The Morgan fingerprint density at radius 1 is 0.432 bits per heavy atom. The third-order valence-corrected chi connectivity index (χ3v) is 6.61. The highest BCUT2D eigenvalue weighted by Crippen LogP contribution is 2.12. The fourth-order valence-electron chi connectivity index (χ4n) is 4.20. The summed E-state index contributed by atoms with van der Waals surface area (Å²) in [6.07, 6.45) is 21.4. The molecule has 6 heteroatoms. The van der Waals surface area contributed by atoms with Crippen molar-refractivity contribution in [3.05, 3.63) is 0 Å². The van der Waals surface area contributed by atoms with Gasteiger partial charge in [-0.1, -0.05) is 124 Å². The minimum absolute atomic E-state index is 0.0678. The molecular weight excluding hydrogens is 468 g/mol. The smallest absolute Gasteiger partial charge is 0.306 e. The Kier molecular flexibility index (Phi) is 26.3. The first-order valence-electron chi connectivity index (χ1n) is 15.5. The third-order valence-electron chi connectivity index (χ3n) is 6.61. The Bertz CT molecular complexity index is 548. The van der Waals surface area contributed by atoms with Crippen molar-refractivity contribution in [3.63, 3.8) is 0 Å². The molecule has 0 amide bonds. The Morgan fingerprint density at radius 2 is 0.730 bits per heavy atom. The van der Waals surface area contributed by atoms with Crippen LogP contribution in [0, 0.1) is 0 Å². The van der Waals surface area contributed by atoms with Crippen LogP contribution in [-0.4, -0.2) is 37.2 Å². The van der Waals surface area contributed by atoms with Gasteiger partial charge in [-0.2, -0.15) is 0 Å². The van der Waals surface area contributed by atoms with Gasteiger partial charge in [0.25, 0.3) is 0 Å². The maximum Gasteiger partial charge on any atom is 0.306 e. The molecule has 0 fully saturated rings. The molecule has 0 bridgehead atoms. The van der Waals surface area contributed by atoms with Gasteiger partial charge in [0.15, 0.2) is 6.10 Å². The number of hydrogen-bond donors (Lipinski definition) is 0. The summed E-state index contributed by atoms with van der Waals surface area (Å²) in [7, 11) is 0. The van der Waals surface area contributed by atoms with Crippen molar-refractivity contribution < 1.29 is 28.6 Å². The molecule has 0 aliphatic heterocycles. The van der Waals surface area contributed by atoms with Crippen LogP contribution in [0.1, 0.15) is 162 Å². The van der Waals surface area contributed by atoms with Crippen LogP contribution in [0.2, 0.25) is 0 Å². The van der Waals surface area contributed by atoms with Crippen molar-refractivity contribution in [1.82, 2.24) is 0 Å². The molecule has 0 aromatic rings. The SMILES string of the molecule is CCCCCCCCCCC(=O)O[C@H](COC(=O)CCCCCC)COC(=O)CCCCCCCCC. The van der Waals surface area contributed by atoms with Crippen LogP contribution < -0.4 is 0 Å². The van der Waals surface area contributed by atoms with Crippen molar-refractivity contribution in [3.8, 4) is 0 Å². The van der Waals surface area contributed by atoms with Gasteiger partial charge in [0.1, 0.15) is 13.2 Å². The Balaban J connectivity index is 4.33. The molecule has 0 spiro atoms. The molecular formula is C31H58O6. The van der Waals surface area contributed by atoms with Crippen molar-refractivity contribution in [1.29, 1.82) is 0 Å². The maximum absolute atomic E-state index is 12.4. The fourth-order valence-corrected chi connectivity index (χ4v) is 4.20. The molecule has 37 heavy (non-hydrogen) atoms. The van der Waals surface area contributed by atoms with E-state index in [-0.39, 0.29) is 31.1 Å². The monoisotopic (exact) mass is 526 g/mol. The van der Waals surface area contributed by atoms with Gasteiger partial charge in [0.2, 0.25) is 0 Å². The van der Waals surface area contributed by atoms with Crippen LogP contribution in [0.5, 0.6) is 0 Å². The van der Waals surface area contributed by atoms with Crippen LogP contribution >= 0.6 is 0 Å². The predicted octanol–water partition coefficient (Wildman–Crippen LogP) is 8.63. The number of hydrogen-bond acceptors (Lipinski definition) is 6. The van der Waals surface area contributed by atoms with E-state index in [1.165, 1.54) is 57.8 Å². The van der Waals surface area contributed by atoms with E-state index in [9.17, 15) is 14.4 Å². The minimum atomic E-state index is -0.751. The van der Waals surface area contributed by atoms with E-state index in [2.05, 4.69) is 20.8 Å². The van der Waals surface area contributed by atoms with Gasteiger partial charge < -0.3 is 14.2 Å². The van der Waals surface area contributed by atoms with Crippen LogP contribution in [0.3, 0.4) is 0 Å². The van der Waals surface area contributed by atoms with Gasteiger partial charge in [-0.15, -0.1) is 0 Å². The van der Waals surface area contributed by atoms with E-state index >= 15 is 0 Å². The number of rotatable bonds is 27. The highest BCUT2D eigenvalue weighted by molar-refractivity contribution is 5.71. The van der Waals surface area contributed by atoms with Crippen molar-refractivity contribution in [2.24, 2.45) is 0 Å². The molecule has 0 unspecified atom stereocenters. The number of esters is 3. The van der Waals surface area contributed by atoms with E-state index in [1.54, 1.807) is 0 Å². The molecule has 0 rings (SSSR count). The largest absolute Gasteiger partial charge is 0.462 e. The maximum atomic E-state index is 12.4.